The molecule has 0 bridgehead atoms. The average molecular weight is 287 g/mol. The second kappa shape index (κ2) is 6.97. The fraction of sp³-hybridized carbons (Fsp3) is 0.250. The molecule has 0 spiro atoms. The minimum Gasteiger partial charge on any atom is -0.394 e. The van der Waals surface area contributed by atoms with Gasteiger partial charge in [0.2, 0.25) is 6.54 Å². The zero-order valence-corrected chi connectivity index (χ0v) is 11.5. The van der Waals surface area contributed by atoms with Crippen molar-refractivity contribution in [1.29, 1.82) is 0 Å². The predicted molar refractivity (Wildman–Crippen MR) is 78.6 cm³/mol. The number of nitrogens with zero attached hydrogens (tertiary/aromatic N) is 1. The Morgan fingerprint density at radius 3 is 1.86 bits per heavy atom. The second-order valence-electron chi connectivity index (χ2n) is 4.62. The SMILES string of the molecule is O=[N+]([O-])CC(OCCO)(c1ccccc1)c1ccccc1. The van der Waals surface area contributed by atoms with Crippen molar-refractivity contribution in [2.75, 3.05) is 19.8 Å². The molecule has 2 aromatic rings. The normalized spacial score (nSPS) is 11.3. The fourth-order valence-electron chi connectivity index (χ4n) is 2.38. The fourth-order valence-corrected chi connectivity index (χ4v) is 2.38. The number of ether oxygens (including phenoxy) is 1. The highest BCUT2D eigenvalue weighted by molar-refractivity contribution is 5.36. The van der Waals surface area contributed by atoms with E-state index in [0.717, 1.165) is 0 Å². The minimum atomic E-state index is -1.20. The Labute approximate surface area is 123 Å². The summed E-state index contributed by atoms with van der Waals surface area (Å²) in [4.78, 5) is 10.8. The number of benzene rings is 2. The molecule has 0 atom stereocenters. The third-order valence-corrected chi connectivity index (χ3v) is 3.27. The van der Waals surface area contributed by atoms with Crippen LogP contribution in [-0.4, -0.2) is 29.8 Å². The molecule has 0 aromatic heterocycles. The summed E-state index contributed by atoms with van der Waals surface area (Å²) < 4.78 is 5.77. The van der Waals surface area contributed by atoms with Crippen molar-refractivity contribution in [1.82, 2.24) is 0 Å². The lowest BCUT2D eigenvalue weighted by molar-refractivity contribution is -0.501. The van der Waals surface area contributed by atoms with Crippen LogP contribution in [0.2, 0.25) is 0 Å². The van der Waals surface area contributed by atoms with Gasteiger partial charge in [-0.2, -0.15) is 0 Å². The molecule has 0 saturated carbocycles. The summed E-state index contributed by atoms with van der Waals surface area (Å²) in [6.45, 7) is -0.572. The van der Waals surface area contributed by atoms with Gasteiger partial charge in [-0.3, -0.25) is 10.1 Å². The Kier molecular flexibility index (Phi) is 5.03. The first-order valence-electron chi connectivity index (χ1n) is 6.67. The number of rotatable bonds is 7. The number of hydrogen-bond donors (Lipinski definition) is 1. The number of aliphatic hydroxyl groups excluding tert-OH is 1. The third kappa shape index (κ3) is 3.45. The van der Waals surface area contributed by atoms with E-state index in [2.05, 4.69) is 0 Å². The standard InChI is InChI=1S/C16H17NO4/c18-11-12-21-16(13-17(19)20,14-7-3-1-4-8-14)15-9-5-2-6-10-15/h1-10,18H,11-13H2. The molecule has 0 unspecified atom stereocenters. The van der Waals surface area contributed by atoms with E-state index in [4.69, 9.17) is 9.84 Å². The van der Waals surface area contributed by atoms with E-state index in [9.17, 15) is 10.1 Å². The molecule has 0 aliphatic rings. The molecule has 1 N–H and O–H groups in total. The topological polar surface area (TPSA) is 72.6 Å². The van der Waals surface area contributed by atoms with Crippen LogP contribution in [0.1, 0.15) is 11.1 Å². The van der Waals surface area contributed by atoms with E-state index in [1.54, 1.807) is 24.3 Å². The van der Waals surface area contributed by atoms with Crippen LogP contribution < -0.4 is 0 Å². The van der Waals surface area contributed by atoms with Crippen LogP contribution in [0.25, 0.3) is 0 Å². The summed E-state index contributed by atoms with van der Waals surface area (Å²) in [5.74, 6) is 0. The van der Waals surface area contributed by atoms with Crippen molar-refractivity contribution in [2.24, 2.45) is 0 Å². The summed E-state index contributed by atoms with van der Waals surface area (Å²) in [5, 5.41) is 20.3. The van der Waals surface area contributed by atoms with E-state index in [-0.39, 0.29) is 13.2 Å². The van der Waals surface area contributed by atoms with Crippen LogP contribution in [0, 0.1) is 10.1 Å². The molecule has 0 fully saturated rings. The predicted octanol–water partition coefficient (Wildman–Crippen LogP) is 2.22. The van der Waals surface area contributed by atoms with Crippen molar-refractivity contribution >= 4 is 0 Å². The second-order valence-corrected chi connectivity index (χ2v) is 4.62. The molecule has 0 heterocycles. The van der Waals surface area contributed by atoms with E-state index >= 15 is 0 Å². The van der Waals surface area contributed by atoms with Crippen molar-refractivity contribution < 1.29 is 14.8 Å². The van der Waals surface area contributed by atoms with Crippen molar-refractivity contribution in [3.05, 3.63) is 81.9 Å². The molecule has 5 nitrogen and oxygen atoms in total. The molecular formula is C16H17NO4. The van der Waals surface area contributed by atoms with Gasteiger partial charge < -0.3 is 9.84 Å². The van der Waals surface area contributed by atoms with Crippen molar-refractivity contribution in [3.8, 4) is 0 Å². The smallest absolute Gasteiger partial charge is 0.240 e. The van der Waals surface area contributed by atoms with Crippen LogP contribution in [0.15, 0.2) is 60.7 Å². The number of aliphatic hydroxyl groups is 1. The average Bonchev–Trinajstić information content (AvgIpc) is 2.53. The molecule has 0 saturated heterocycles. The summed E-state index contributed by atoms with van der Waals surface area (Å²) in [6, 6.07) is 18.1. The first-order chi connectivity index (χ1) is 10.2. The van der Waals surface area contributed by atoms with Gasteiger partial charge in [0.1, 0.15) is 0 Å². The Balaban J connectivity index is 2.56. The highest BCUT2D eigenvalue weighted by Gasteiger charge is 2.40. The van der Waals surface area contributed by atoms with Crippen LogP contribution >= 0.6 is 0 Å². The Bertz CT molecular complexity index is 532. The van der Waals surface area contributed by atoms with Crippen LogP contribution in [0.5, 0.6) is 0 Å². The maximum absolute atomic E-state index is 11.2. The lowest BCUT2D eigenvalue weighted by atomic mass is 9.86. The summed E-state index contributed by atoms with van der Waals surface area (Å²) >= 11 is 0. The first-order valence-corrected chi connectivity index (χ1v) is 6.67. The maximum atomic E-state index is 11.2. The highest BCUT2D eigenvalue weighted by atomic mass is 16.6. The van der Waals surface area contributed by atoms with Crippen LogP contribution in [0.3, 0.4) is 0 Å². The molecule has 0 aliphatic heterocycles. The monoisotopic (exact) mass is 287 g/mol. The van der Waals surface area contributed by atoms with E-state index < -0.39 is 17.1 Å². The van der Waals surface area contributed by atoms with E-state index in [1.165, 1.54) is 0 Å². The Hall–Kier alpha value is -2.24. The summed E-state index contributed by atoms with van der Waals surface area (Å²) in [7, 11) is 0. The molecule has 2 rings (SSSR count). The Morgan fingerprint density at radius 1 is 1.00 bits per heavy atom. The van der Waals surface area contributed by atoms with Gasteiger partial charge in [0.05, 0.1) is 13.2 Å². The molecule has 0 aliphatic carbocycles. The van der Waals surface area contributed by atoms with Gasteiger partial charge in [-0.15, -0.1) is 0 Å². The Morgan fingerprint density at radius 2 is 1.48 bits per heavy atom. The zero-order valence-electron chi connectivity index (χ0n) is 11.5. The molecule has 21 heavy (non-hydrogen) atoms. The highest BCUT2D eigenvalue weighted by Crippen LogP contribution is 2.34. The largest absolute Gasteiger partial charge is 0.394 e. The lowest BCUT2D eigenvalue weighted by Gasteiger charge is -2.31. The van der Waals surface area contributed by atoms with Crippen LogP contribution in [-0.2, 0) is 10.3 Å². The van der Waals surface area contributed by atoms with Gasteiger partial charge in [0.25, 0.3) is 0 Å². The van der Waals surface area contributed by atoms with Gasteiger partial charge in [-0.1, -0.05) is 60.7 Å². The summed E-state index contributed by atoms with van der Waals surface area (Å²) in [5.41, 5.74) is 0.192. The number of nitro groups is 1. The molecule has 2 aromatic carbocycles. The first kappa shape index (κ1) is 15.2. The van der Waals surface area contributed by atoms with Gasteiger partial charge in [-0.25, -0.2) is 0 Å². The van der Waals surface area contributed by atoms with Crippen molar-refractivity contribution in [3.63, 3.8) is 0 Å². The van der Waals surface area contributed by atoms with Gasteiger partial charge in [-0.05, 0) is 11.1 Å². The quantitative estimate of drug-likeness (QED) is 0.626. The molecule has 0 amide bonds. The van der Waals surface area contributed by atoms with Crippen LogP contribution in [0.4, 0.5) is 0 Å². The molecule has 5 heteroatoms. The van der Waals surface area contributed by atoms with Gasteiger partial charge in [0, 0.05) is 4.92 Å². The molecule has 0 radical (unpaired) electrons. The summed E-state index contributed by atoms with van der Waals surface area (Å²) in [6.07, 6.45) is 0. The van der Waals surface area contributed by atoms with Crippen molar-refractivity contribution in [2.45, 2.75) is 5.60 Å². The number of hydrogen-bond acceptors (Lipinski definition) is 4. The van der Waals surface area contributed by atoms with E-state index in [0.29, 0.717) is 11.1 Å². The van der Waals surface area contributed by atoms with E-state index in [1.807, 2.05) is 36.4 Å². The lowest BCUT2D eigenvalue weighted by Crippen LogP contribution is -2.39. The molecular weight excluding hydrogens is 270 g/mol. The van der Waals surface area contributed by atoms with Gasteiger partial charge >= 0.3 is 0 Å². The molecule has 110 valence electrons. The maximum Gasteiger partial charge on any atom is 0.240 e. The zero-order chi connectivity index (χ0) is 15.1. The third-order valence-electron chi connectivity index (χ3n) is 3.27. The minimum absolute atomic E-state index is 0.0254. The van der Waals surface area contributed by atoms with Gasteiger partial charge in [0.15, 0.2) is 5.60 Å².